The van der Waals surface area contributed by atoms with E-state index in [4.69, 9.17) is 33.4 Å². The molecule has 4 rings (SSSR count). The highest BCUT2D eigenvalue weighted by Gasteiger charge is 2.43. The zero-order valence-electron chi connectivity index (χ0n) is 19.4. The second-order valence-corrected chi connectivity index (χ2v) is 13.7. The summed E-state index contributed by atoms with van der Waals surface area (Å²) in [6, 6.07) is 1.99. The summed E-state index contributed by atoms with van der Waals surface area (Å²) in [5.74, 6) is 0.906. The van der Waals surface area contributed by atoms with E-state index in [0.29, 0.717) is 23.3 Å². The number of hydrogen-bond donors (Lipinski definition) is 1. The van der Waals surface area contributed by atoms with E-state index in [1.165, 1.54) is 0 Å². The molecule has 2 N–H and O–H groups in total. The third kappa shape index (κ3) is 4.33. The molecule has 10 heteroatoms. The average molecular weight is 494 g/mol. The predicted octanol–water partition coefficient (Wildman–Crippen LogP) is 4.45. The number of hydrogen-bond acceptors (Lipinski definition) is 6. The van der Waals surface area contributed by atoms with Crippen LogP contribution in [0.25, 0.3) is 11.0 Å². The minimum Gasteiger partial charge on any atom is -0.418 e. The maximum Gasteiger partial charge on any atom is 0.223 e. The number of aromatic nitrogens is 4. The summed E-state index contributed by atoms with van der Waals surface area (Å²) in [5.41, 5.74) is 8.21. The van der Waals surface area contributed by atoms with Gasteiger partial charge in [-0.3, -0.25) is 0 Å². The molecule has 3 aromatic rings. The summed E-state index contributed by atoms with van der Waals surface area (Å²) in [7, 11) is 1.19. The molecule has 0 spiro atoms. The zero-order chi connectivity index (χ0) is 23.4. The Kier molecular flexibility index (Phi) is 5.94. The first-order valence-electron chi connectivity index (χ1n) is 10.7. The molecule has 0 saturated carbocycles. The quantitative estimate of drug-likeness (QED) is 0.418. The maximum absolute atomic E-state index is 6.77. The third-order valence-corrected chi connectivity index (χ3v) is 8.41. The van der Waals surface area contributed by atoms with Crippen LogP contribution >= 0.6 is 23.2 Å². The summed E-state index contributed by atoms with van der Waals surface area (Å²) in [6.45, 7) is 12.1. The van der Waals surface area contributed by atoms with Gasteiger partial charge in [-0.25, -0.2) is 9.97 Å². The molecule has 1 unspecified atom stereocenters. The van der Waals surface area contributed by atoms with Crippen molar-refractivity contribution in [1.82, 2.24) is 19.5 Å². The Hall–Kier alpha value is -1.87. The van der Waals surface area contributed by atoms with Gasteiger partial charge in [0.2, 0.25) is 5.95 Å². The van der Waals surface area contributed by atoms with Crippen molar-refractivity contribution in [1.29, 1.82) is 0 Å². The van der Waals surface area contributed by atoms with Gasteiger partial charge in [-0.15, -0.1) is 0 Å². The Morgan fingerprint density at radius 1 is 1.22 bits per heavy atom. The molecule has 172 valence electrons. The Morgan fingerprint density at radius 2 is 1.94 bits per heavy atom. The van der Waals surface area contributed by atoms with E-state index in [1.54, 1.807) is 0 Å². The molecular formula is C22H30Cl2N6OSi. The second-order valence-electron chi connectivity index (χ2n) is 10.3. The molecule has 32 heavy (non-hydrogen) atoms. The minimum absolute atomic E-state index is 0.00708. The van der Waals surface area contributed by atoms with Gasteiger partial charge >= 0.3 is 0 Å². The number of nitrogens with two attached hydrogens (primary N) is 1. The fourth-order valence-corrected chi connectivity index (χ4v) is 5.70. The van der Waals surface area contributed by atoms with Crippen molar-refractivity contribution in [2.45, 2.75) is 57.7 Å². The highest BCUT2D eigenvalue weighted by molar-refractivity contribution is 6.36. The van der Waals surface area contributed by atoms with Crippen molar-refractivity contribution >= 4 is 55.8 Å². The van der Waals surface area contributed by atoms with Gasteiger partial charge in [-0.2, -0.15) is 4.98 Å². The molecule has 0 aromatic carbocycles. The first-order chi connectivity index (χ1) is 14.9. The van der Waals surface area contributed by atoms with E-state index in [9.17, 15) is 0 Å². The van der Waals surface area contributed by atoms with Crippen molar-refractivity contribution in [2.75, 3.05) is 17.2 Å². The zero-order valence-corrected chi connectivity index (χ0v) is 22.3. The van der Waals surface area contributed by atoms with Crippen LogP contribution in [0.3, 0.4) is 0 Å². The molecule has 0 aliphatic carbocycles. The lowest BCUT2D eigenvalue weighted by Gasteiger charge is -2.35. The average Bonchev–Trinajstić information content (AvgIpc) is 3.24. The van der Waals surface area contributed by atoms with Crippen LogP contribution in [0.4, 0.5) is 11.8 Å². The molecule has 0 bridgehead atoms. The van der Waals surface area contributed by atoms with E-state index in [2.05, 4.69) is 54.5 Å². The van der Waals surface area contributed by atoms with Crippen LogP contribution in [0.15, 0.2) is 18.5 Å². The Labute approximate surface area is 201 Å². The van der Waals surface area contributed by atoms with Crippen LogP contribution < -0.4 is 10.6 Å². The summed E-state index contributed by atoms with van der Waals surface area (Å²) in [4.78, 5) is 15.6. The van der Waals surface area contributed by atoms with Crippen molar-refractivity contribution in [3.63, 3.8) is 0 Å². The van der Waals surface area contributed by atoms with Gasteiger partial charge in [0, 0.05) is 55.0 Å². The van der Waals surface area contributed by atoms with Crippen LogP contribution in [0.5, 0.6) is 0 Å². The van der Waals surface area contributed by atoms with Crippen LogP contribution in [0.1, 0.15) is 51.7 Å². The van der Waals surface area contributed by atoms with Crippen molar-refractivity contribution in [3.8, 4) is 0 Å². The highest BCUT2D eigenvalue weighted by atomic mass is 35.5. The number of pyridine rings is 1. The second kappa shape index (κ2) is 8.16. The number of nitrogen functional groups attached to an aromatic ring is 1. The van der Waals surface area contributed by atoms with E-state index >= 15 is 0 Å². The lowest BCUT2D eigenvalue weighted by Crippen LogP contribution is -2.38. The molecule has 1 aliphatic heterocycles. The van der Waals surface area contributed by atoms with E-state index < -0.39 is 15.4 Å². The molecule has 0 radical (unpaired) electrons. The molecule has 0 amide bonds. The Balaban J connectivity index is 1.70. The molecule has 0 fully saturated rings. The number of anilines is 2. The van der Waals surface area contributed by atoms with Gasteiger partial charge < -0.3 is 19.6 Å². The monoisotopic (exact) mass is 492 g/mol. The van der Waals surface area contributed by atoms with E-state index in [1.807, 2.05) is 30.1 Å². The number of nitrogens with zero attached hydrogens (tertiary/aromatic N) is 5. The molecule has 1 aliphatic rings. The largest absolute Gasteiger partial charge is 0.418 e. The SMILES string of the molecule is Cn1ccc2c(Cl)c(CN3CC(C(C)(C)O[SiH2]C(C)(C)C)c4c(Cl)nc(N)nc43)cnc21. The van der Waals surface area contributed by atoms with Gasteiger partial charge in [0.25, 0.3) is 0 Å². The Morgan fingerprint density at radius 3 is 2.62 bits per heavy atom. The summed E-state index contributed by atoms with van der Waals surface area (Å²) in [6.07, 6.45) is 3.79. The first-order valence-corrected chi connectivity index (χ1v) is 12.7. The van der Waals surface area contributed by atoms with Crippen molar-refractivity contribution < 1.29 is 4.43 Å². The smallest absolute Gasteiger partial charge is 0.223 e. The summed E-state index contributed by atoms with van der Waals surface area (Å²) < 4.78 is 8.49. The summed E-state index contributed by atoms with van der Waals surface area (Å²) >= 11 is 13.4. The van der Waals surface area contributed by atoms with Crippen LogP contribution in [0, 0.1) is 0 Å². The fraction of sp³-hybridized carbons (Fsp3) is 0.500. The lowest BCUT2D eigenvalue weighted by atomic mass is 9.87. The van der Waals surface area contributed by atoms with Crippen LogP contribution in [-0.4, -0.2) is 41.4 Å². The predicted molar refractivity (Wildman–Crippen MR) is 134 cm³/mol. The molecule has 1 atom stereocenters. The van der Waals surface area contributed by atoms with Crippen LogP contribution in [0.2, 0.25) is 15.2 Å². The highest BCUT2D eigenvalue weighted by Crippen LogP contribution is 2.46. The van der Waals surface area contributed by atoms with E-state index in [0.717, 1.165) is 28.0 Å². The van der Waals surface area contributed by atoms with Gasteiger partial charge in [0.05, 0.1) is 10.6 Å². The molecular weight excluding hydrogens is 463 g/mol. The number of aryl methyl sites for hydroxylation is 1. The van der Waals surface area contributed by atoms with Gasteiger partial charge in [0.1, 0.15) is 16.6 Å². The number of fused-ring (bicyclic) bond motifs is 2. The summed E-state index contributed by atoms with van der Waals surface area (Å²) in [5, 5.41) is 2.20. The maximum atomic E-state index is 6.77. The Bertz CT molecular complexity index is 1170. The standard InChI is InChI=1S/C22H30Cl2N6OSi/c1-21(2,3)32-31-22(4,5)14-11-30(19-15(14)17(24)27-20(25)28-19)10-12-9-26-18-13(16(12)23)7-8-29(18)6/h7-9,14H,10-11,32H2,1-6H3,(H2,25,27,28). The normalized spacial score (nSPS) is 17.1. The number of halogens is 2. The minimum atomic E-state index is -0.771. The molecule has 7 nitrogen and oxygen atoms in total. The third-order valence-electron chi connectivity index (χ3n) is 5.93. The lowest BCUT2D eigenvalue weighted by molar-refractivity contribution is 0.0828. The van der Waals surface area contributed by atoms with Crippen molar-refractivity contribution in [2.24, 2.45) is 7.05 Å². The fourth-order valence-electron chi connectivity index (χ4n) is 4.13. The number of rotatable bonds is 5. The van der Waals surface area contributed by atoms with Gasteiger partial charge in [-0.1, -0.05) is 44.0 Å². The van der Waals surface area contributed by atoms with Gasteiger partial charge in [-0.05, 0) is 25.0 Å². The first kappa shape index (κ1) is 23.3. The van der Waals surface area contributed by atoms with E-state index in [-0.39, 0.29) is 16.9 Å². The molecule has 4 heterocycles. The van der Waals surface area contributed by atoms with Gasteiger partial charge in [0.15, 0.2) is 9.76 Å². The van der Waals surface area contributed by atoms with Crippen molar-refractivity contribution in [3.05, 3.63) is 39.8 Å². The topological polar surface area (TPSA) is 82.1 Å². The molecule has 3 aromatic heterocycles. The van der Waals surface area contributed by atoms with Crippen LogP contribution in [-0.2, 0) is 18.0 Å². The molecule has 0 saturated heterocycles.